The summed E-state index contributed by atoms with van der Waals surface area (Å²) in [6, 6.07) is 0. The zero-order valence-corrected chi connectivity index (χ0v) is 14.6. The van der Waals surface area contributed by atoms with Gasteiger partial charge in [0, 0.05) is 0 Å². The smallest absolute Gasteiger partial charge is 0.0704 e. The standard InChI is InChI=1S/C17H36O5/c1-3-5-7-17(8-6-4-2)22-16-15-21-14-13-20-12-11-19-10-9-18/h17-18H,3-16H2,1-2H3. The Hall–Kier alpha value is -0.200. The normalized spacial score (nSPS) is 11.5. The molecule has 0 saturated carbocycles. The monoisotopic (exact) mass is 320 g/mol. The third-order valence-electron chi connectivity index (χ3n) is 3.32. The summed E-state index contributed by atoms with van der Waals surface area (Å²) in [4.78, 5) is 0. The fourth-order valence-corrected chi connectivity index (χ4v) is 2.05. The van der Waals surface area contributed by atoms with Gasteiger partial charge in [-0.3, -0.25) is 0 Å². The second kappa shape index (κ2) is 18.8. The van der Waals surface area contributed by atoms with E-state index >= 15 is 0 Å². The van der Waals surface area contributed by atoms with E-state index in [1.165, 1.54) is 25.7 Å². The number of ether oxygens (including phenoxy) is 4. The maximum atomic E-state index is 8.53. The Morgan fingerprint density at radius 3 is 1.59 bits per heavy atom. The highest BCUT2D eigenvalue weighted by Gasteiger charge is 2.07. The van der Waals surface area contributed by atoms with E-state index in [1.807, 2.05) is 0 Å². The van der Waals surface area contributed by atoms with Crippen LogP contribution in [-0.4, -0.2) is 64.1 Å². The van der Waals surface area contributed by atoms with E-state index in [9.17, 15) is 0 Å². The molecule has 0 aromatic rings. The molecule has 0 saturated heterocycles. The average molecular weight is 320 g/mol. The third-order valence-corrected chi connectivity index (χ3v) is 3.32. The van der Waals surface area contributed by atoms with Crippen LogP contribution in [0.4, 0.5) is 0 Å². The quantitative estimate of drug-likeness (QED) is 0.394. The van der Waals surface area contributed by atoms with Crippen LogP contribution < -0.4 is 0 Å². The fraction of sp³-hybridized carbons (Fsp3) is 1.00. The van der Waals surface area contributed by atoms with Crippen LogP contribution in [0, 0.1) is 0 Å². The topological polar surface area (TPSA) is 57.2 Å². The van der Waals surface area contributed by atoms with Crippen molar-refractivity contribution >= 4 is 0 Å². The first-order valence-electron chi connectivity index (χ1n) is 8.80. The summed E-state index contributed by atoms with van der Waals surface area (Å²) in [7, 11) is 0. The predicted molar refractivity (Wildman–Crippen MR) is 88.3 cm³/mol. The van der Waals surface area contributed by atoms with Crippen LogP contribution in [0.1, 0.15) is 52.4 Å². The van der Waals surface area contributed by atoms with Crippen molar-refractivity contribution in [2.45, 2.75) is 58.5 Å². The molecule has 0 aliphatic rings. The van der Waals surface area contributed by atoms with Crippen molar-refractivity contribution in [2.75, 3.05) is 52.9 Å². The van der Waals surface area contributed by atoms with Gasteiger partial charge in [-0.05, 0) is 12.8 Å². The molecule has 0 atom stereocenters. The number of aliphatic hydroxyl groups excluding tert-OH is 1. The molecule has 5 nitrogen and oxygen atoms in total. The molecular weight excluding hydrogens is 284 g/mol. The summed E-state index contributed by atoms with van der Waals surface area (Å²) in [5, 5.41) is 8.53. The Bertz CT molecular complexity index is 193. The van der Waals surface area contributed by atoms with E-state index in [2.05, 4.69) is 13.8 Å². The Morgan fingerprint density at radius 2 is 1.14 bits per heavy atom. The maximum absolute atomic E-state index is 8.53. The summed E-state index contributed by atoms with van der Waals surface area (Å²) in [6.07, 6.45) is 7.64. The number of unbranched alkanes of at least 4 members (excludes halogenated alkanes) is 2. The lowest BCUT2D eigenvalue weighted by Gasteiger charge is -2.17. The molecular formula is C17H36O5. The number of hydrogen-bond acceptors (Lipinski definition) is 5. The predicted octanol–water partition coefficient (Wildman–Crippen LogP) is 2.79. The highest BCUT2D eigenvalue weighted by Crippen LogP contribution is 2.12. The molecule has 0 fully saturated rings. The summed E-state index contributed by atoms with van der Waals surface area (Å²) < 4.78 is 21.8. The van der Waals surface area contributed by atoms with E-state index in [-0.39, 0.29) is 6.61 Å². The minimum atomic E-state index is 0.0562. The molecule has 0 heterocycles. The number of aliphatic hydroxyl groups is 1. The first kappa shape index (κ1) is 21.8. The summed E-state index contributed by atoms with van der Waals surface area (Å²) >= 11 is 0. The van der Waals surface area contributed by atoms with Crippen molar-refractivity contribution in [3.8, 4) is 0 Å². The summed E-state index contributed by atoms with van der Waals surface area (Å²) in [5.74, 6) is 0. The van der Waals surface area contributed by atoms with Gasteiger partial charge < -0.3 is 24.1 Å². The molecule has 0 aromatic heterocycles. The Kier molecular flexibility index (Phi) is 18.7. The van der Waals surface area contributed by atoms with E-state index in [4.69, 9.17) is 24.1 Å². The van der Waals surface area contributed by atoms with E-state index in [1.54, 1.807) is 0 Å². The van der Waals surface area contributed by atoms with Gasteiger partial charge in [0.15, 0.2) is 0 Å². The lowest BCUT2D eigenvalue weighted by atomic mass is 10.1. The van der Waals surface area contributed by atoms with Crippen molar-refractivity contribution < 1.29 is 24.1 Å². The molecule has 0 amide bonds. The lowest BCUT2D eigenvalue weighted by molar-refractivity contribution is -0.0244. The third kappa shape index (κ3) is 16.2. The SMILES string of the molecule is CCCCC(CCCC)OCCOCCOCCOCCO. The second-order valence-corrected chi connectivity index (χ2v) is 5.34. The molecule has 5 heteroatoms. The lowest BCUT2D eigenvalue weighted by Crippen LogP contribution is -2.17. The number of rotatable bonds is 18. The Morgan fingerprint density at radius 1 is 0.682 bits per heavy atom. The molecule has 0 radical (unpaired) electrons. The molecule has 0 aliphatic heterocycles. The zero-order valence-electron chi connectivity index (χ0n) is 14.6. The Balaban J connectivity index is 3.33. The molecule has 1 N–H and O–H groups in total. The molecule has 22 heavy (non-hydrogen) atoms. The van der Waals surface area contributed by atoms with Crippen LogP contribution in [0.25, 0.3) is 0 Å². The van der Waals surface area contributed by atoms with E-state index < -0.39 is 0 Å². The van der Waals surface area contributed by atoms with Gasteiger partial charge in [-0.2, -0.15) is 0 Å². The molecule has 0 unspecified atom stereocenters. The van der Waals surface area contributed by atoms with Crippen LogP contribution in [0.5, 0.6) is 0 Å². The van der Waals surface area contributed by atoms with Gasteiger partial charge in [0.05, 0.1) is 59.0 Å². The Labute approximate surface area is 136 Å². The van der Waals surface area contributed by atoms with Gasteiger partial charge in [-0.1, -0.05) is 39.5 Å². The summed E-state index contributed by atoms with van der Waals surface area (Å²) in [6.45, 7) is 8.35. The minimum absolute atomic E-state index is 0.0562. The highest BCUT2D eigenvalue weighted by atomic mass is 16.6. The maximum Gasteiger partial charge on any atom is 0.0704 e. The molecule has 0 rings (SSSR count). The van der Waals surface area contributed by atoms with Gasteiger partial charge in [-0.25, -0.2) is 0 Å². The largest absolute Gasteiger partial charge is 0.394 e. The van der Waals surface area contributed by atoms with Crippen LogP contribution in [0.3, 0.4) is 0 Å². The first-order valence-corrected chi connectivity index (χ1v) is 8.80. The first-order chi connectivity index (χ1) is 10.8. The molecule has 134 valence electrons. The molecule has 0 spiro atoms. The van der Waals surface area contributed by atoms with Crippen molar-refractivity contribution in [1.29, 1.82) is 0 Å². The second-order valence-electron chi connectivity index (χ2n) is 5.34. The van der Waals surface area contributed by atoms with Crippen LogP contribution in [-0.2, 0) is 18.9 Å². The van der Waals surface area contributed by atoms with Gasteiger partial charge in [0.2, 0.25) is 0 Å². The minimum Gasteiger partial charge on any atom is -0.394 e. The van der Waals surface area contributed by atoms with E-state index in [0.717, 1.165) is 12.8 Å². The highest BCUT2D eigenvalue weighted by molar-refractivity contribution is 4.58. The van der Waals surface area contributed by atoms with Crippen molar-refractivity contribution in [3.05, 3.63) is 0 Å². The summed E-state index contributed by atoms with van der Waals surface area (Å²) in [5.41, 5.74) is 0. The van der Waals surface area contributed by atoms with Crippen molar-refractivity contribution in [2.24, 2.45) is 0 Å². The molecule has 0 aromatic carbocycles. The molecule has 0 bridgehead atoms. The van der Waals surface area contributed by atoms with Gasteiger partial charge >= 0.3 is 0 Å². The van der Waals surface area contributed by atoms with Crippen LogP contribution >= 0.6 is 0 Å². The van der Waals surface area contributed by atoms with E-state index in [0.29, 0.717) is 52.4 Å². The van der Waals surface area contributed by atoms with Crippen LogP contribution in [0.15, 0.2) is 0 Å². The zero-order chi connectivity index (χ0) is 16.3. The van der Waals surface area contributed by atoms with Crippen molar-refractivity contribution in [1.82, 2.24) is 0 Å². The van der Waals surface area contributed by atoms with Crippen LogP contribution in [0.2, 0.25) is 0 Å². The fourth-order valence-electron chi connectivity index (χ4n) is 2.05. The van der Waals surface area contributed by atoms with Crippen molar-refractivity contribution in [3.63, 3.8) is 0 Å². The average Bonchev–Trinajstić information content (AvgIpc) is 2.54. The van der Waals surface area contributed by atoms with Gasteiger partial charge in [0.25, 0.3) is 0 Å². The number of hydrogen-bond donors (Lipinski definition) is 1. The van der Waals surface area contributed by atoms with Gasteiger partial charge in [0.1, 0.15) is 0 Å². The molecule has 0 aliphatic carbocycles. The van der Waals surface area contributed by atoms with Gasteiger partial charge in [-0.15, -0.1) is 0 Å².